The normalized spacial score (nSPS) is 14.1. The van der Waals surface area contributed by atoms with Crippen LogP contribution < -0.4 is 0 Å². The van der Waals surface area contributed by atoms with E-state index in [-0.39, 0.29) is 11.6 Å². The molecule has 2 rings (SSSR count). The zero-order chi connectivity index (χ0) is 13.3. The average molecular weight is 278 g/mol. The molecule has 18 heavy (non-hydrogen) atoms. The number of allylic oxidation sites excluding steroid dienone is 1. The van der Waals surface area contributed by atoms with Crippen molar-refractivity contribution < 1.29 is 9.59 Å². The zero-order valence-electron chi connectivity index (χ0n) is 10.6. The highest BCUT2D eigenvalue weighted by atomic mass is 32.3. The number of hydrogen-bond donors (Lipinski definition) is 0. The minimum Gasteiger partial charge on any atom is -0.294 e. The summed E-state index contributed by atoms with van der Waals surface area (Å²) in [6, 6.07) is 5.57. The molecule has 0 bridgehead atoms. The summed E-state index contributed by atoms with van der Waals surface area (Å²) in [6.07, 6.45) is 0. The average Bonchev–Trinajstić information content (AvgIpc) is 2.25. The van der Waals surface area contributed by atoms with Crippen molar-refractivity contribution in [3.05, 3.63) is 44.7 Å². The van der Waals surface area contributed by atoms with Gasteiger partial charge in [0.25, 0.3) is 0 Å². The molecule has 0 saturated carbocycles. The summed E-state index contributed by atoms with van der Waals surface area (Å²) in [5.41, 5.74) is 3.17. The molecule has 1 aliphatic heterocycles. The number of hydrogen-bond acceptors (Lipinski definition) is 4. The molecule has 1 aromatic carbocycles. The van der Waals surface area contributed by atoms with E-state index in [4.69, 9.17) is 0 Å². The lowest BCUT2D eigenvalue weighted by atomic mass is 9.98. The lowest BCUT2D eigenvalue weighted by Crippen LogP contribution is -2.14. The minimum absolute atomic E-state index is 0.145. The standard InChI is InChI=1S/C14H14O2S2/c1-8-4-5-11(6-9(8)2)13(16)12(10(3)15)14-17-7-18-14/h4-6H,7H2,1-3H3. The van der Waals surface area contributed by atoms with Crippen molar-refractivity contribution in [3.63, 3.8) is 0 Å². The van der Waals surface area contributed by atoms with Gasteiger partial charge in [-0.05, 0) is 38.0 Å². The SMILES string of the molecule is CC(=O)C(C(=O)c1ccc(C)c(C)c1)=C1SCS1. The molecule has 1 aromatic rings. The predicted octanol–water partition coefficient (Wildman–Crippen LogP) is 3.72. The molecular formula is C14H14O2S2. The van der Waals surface area contributed by atoms with Crippen molar-refractivity contribution in [2.75, 3.05) is 5.08 Å². The van der Waals surface area contributed by atoms with Gasteiger partial charge >= 0.3 is 0 Å². The Bertz CT molecular complexity index is 553. The number of rotatable bonds is 3. The third-order valence-electron chi connectivity index (χ3n) is 2.93. The summed E-state index contributed by atoms with van der Waals surface area (Å²) in [5, 5.41) is 0.923. The molecular weight excluding hydrogens is 264 g/mol. The highest BCUT2D eigenvalue weighted by Crippen LogP contribution is 2.46. The summed E-state index contributed by atoms with van der Waals surface area (Å²) in [5.74, 6) is -0.298. The zero-order valence-corrected chi connectivity index (χ0v) is 12.2. The van der Waals surface area contributed by atoms with E-state index in [9.17, 15) is 9.59 Å². The van der Waals surface area contributed by atoms with Crippen LogP contribution in [-0.2, 0) is 4.79 Å². The summed E-state index contributed by atoms with van der Waals surface area (Å²) < 4.78 is 0.866. The van der Waals surface area contributed by atoms with Crippen LogP contribution in [0.15, 0.2) is 28.0 Å². The van der Waals surface area contributed by atoms with Gasteiger partial charge in [0.2, 0.25) is 0 Å². The minimum atomic E-state index is -0.153. The Morgan fingerprint density at radius 1 is 1.11 bits per heavy atom. The largest absolute Gasteiger partial charge is 0.294 e. The Hall–Kier alpha value is -1.000. The maximum atomic E-state index is 12.4. The highest BCUT2D eigenvalue weighted by molar-refractivity contribution is 8.37. The van der Waals surface area contributed by atoms with Crippen LogP contribution in [0.4, 0.5) is 0 Å². The molecule has 0 spiro atoms. The van der Waals surface area contributed by atoms with Crippen LogP contribution in [0.2, 0.25) is 0 Å². The van der Waals surface area contributed by atoms with Crippen molar-refractivity contribution >= 4 is 35.1 Å². The quantitative estimate of drug-likeness (QED) is 0.365. The third kappa shape index (κ3) is 2.54. The van der Waals surface area contributed by atoms with Crippen LogP contribution in [0.3, 0.4) is 0 Å². The molecule has 0 atom stereocenters. The Kier molecular flexibility index (Phi) is 3.97. The lowest BCUT2D eigenvalue weighted by molar-refractivity contribution is -0.113. The maximum absolute atomic E-state index is 12.4. The fourth-order valence-electron chi connectivity index (χ4n) is 1.69. The number of carbonyl (C=O) groups is 2. The molecule has 4 heteroatoms. The molecule has 1 saturated heterocycles. The van der Waals surface area contributed by atoms with Crippen molar-refractivity contribution in [2.45, 2.75) is 20.8 Å². The molecule has 1 heterocycles. The van der Waals surface area contributed by atoms with Gasteiger partial charge in [-0.3, -0.25) is 9.59 Å². The first kappa shape index (κ1) is 13.4. The van der Waals surface area contributed by atoms with Gasteiger partial charge < -0.3 is 0 Å². The van der Waals surface area contributed by atoms with Crippen LogP contribution in [0.25, 0.3) is 0 Å². The van der Waals surface area contributed by atoms with Crippen molar-refractivity contribution in [2.24, 2.45) is 0 Å². The summed E-state index contributed by atoms with van der Waals surface area (Å²) in [6.45, 7) is 5.44. The van der Waals surface area contributed by atoms with Gasteiger partial charge in [-0.2, -0.15) is 0 Å². The van der Waals surface area contributed by atoms with Crippen LogP contribution >= 0.6 is 23.5 Å². The van der Waals surface area contributed by atoms with E-state index in [1.807, 2.05) is 26.0 Å². The molecule has 1 aliphatic rings. The van der Waals surface area contributed by atoms with Crippen LogP contribution in [0.1, 0.15) is 28.4 Å². The van der Waals surface area contributed by atoms with Gasteiger partial charge in [0.05, 0.1) is 9.81 Å². The van der Waals surface area contributed by atoms with Crippen LogP contribution in [0.5, 0.6) is 0 Å². The van der Waals surface area contributed by atoms with Gasteiger partial charge in [0.1, 0.15) is 0 Å². The number of carbonyl (C=O) groups excluding carboxylic acids is 2. The Labute approximate surface area is 115 Å². The van der Waals surface area contributed by atoms with E-state index in [2.05, 4.69) is 0 Å². The topological polar surface area (TPSA) is 34.1 Å². The summed E-state index contributed by atoms with van der Waals surface area (Å²) >= 11 is 3.15. The highest BCUT2D eigenvalue weighted by Gasteiger charge is 2.26. The number of ketones is 2. The van der Waals surface area contributed by atoms with Crippen LogP contribution in [0, 0.1) is 13.8 Å². The molecule has 0 unspecified atom stereocenters. The maximum Gasteiger partial charge on any atom is 0.198 e. The second-order valence-electron chi connectivity index (χ2n) is 4.25. The molecule has 1 fully saturated rings. The van der Waals surface area contributed by atoms with Gasteiger partial charge in [0, 0.05) is 10.6 Å². The van der Waals surface area contributed by atoms with Crippen LogP contribution in [-0.4, -0.2) is 16.7 Å². The van der Waals surface area contributed by atoms with E-state index in [1.165, 1.54) is 6.92 Å². The second kappa shape index (κ2) is 5.33. The lowest BCUT2D eigenvalue weighted by Gasteiger charge is -2.18. The third-order valence-corrected chi connectivity index (χ3v) is 5.51. The fourth-order valence-corrected chi connectivity index (χ4v) is 3.39. The molecule has 0 N–H and O–H groups in total. The van der Waals surface area contributed by atoms with E-state index < -0.39 is 0 Å². The number of thioether (sulfide) groups is 2. The summed E-state index contributed by atoms with van der Waals surface area (Å²) in [7, 11) is 0. The second-order valence-corrected chi connectivity index (χ2v) is 6.85. The molecule has 0 aliphatic carbocycles. The number of aryl methyl sites for hydroxylation is 2. The fraction of sp³-hybridized carbons (Fsp3) is 0.286. The van der Waals surface area contributed by atoms with Gasteiger partial charge in [-0.15, -0.1) is 23.5 Å². The summed E-state index contributed by atoms with van der Waals surface area (Å²) in [4.78, 5) is 24.0. The molecule has 2 nitrogen and oxygen atoms in total. The monoisotopic (exact) mass is 278 g/mol. The van der Waals surface area contributed by atoms with Crippen molar-refractivity contribution in [1.82, 2.24) is 0 Å². The predicted molar refractivity (Wildman–Crippen MR) is 78.0 cm³/mol. The Morgan fingerprint density at radius 3 is 2.22 bits per heavy atom. The van der Waals surface area contributed by atoms with E-state index in [1.54, 1.807) is 29.6 Å². The molecule has 94 valence electrons. The molecule has 0 amide bonds. The first-order valence-corrected chi connectivity index (χ1v) is 7.60. The van der Waals surface area contributed by atoms with E-state index in [0.29, 0.717) is 11.1 Å². The Balaban J connectivity index is 2.40. The first-order chi connectivity index (χ1) is 8.50. The number of benzene rings is 1. The van der Waals surface area contributed by atoms with Crippen molar-refractivity contribution in [1.29, 1.82) is 0 Å². The van der Waals surface area contributed by atoms with Gasteiger partial charge in [-0.1, -0.05) is 12.1 Å². The van der Waals surface area contributed by atoms with Crippen molar-refractivity contribution in [3.8, 4) is 0 Å². The van der Waals surface area contributed by atoms with E-state index >= 15 is 0 Å². The Morgan fingerprint density at radius 2 is 1.78 bits per heavy atom. The first-order valence-electron chi connectivity index (χ1n) is 5.63. The van der Waals surface area contributed by atoms with Gasteiger partial charge in [0.15, 0.2) is 11.6 Å². The molecule has 0 radical (unpaired) electrons. The van der Waals surface area contributed by atoms with E-state index in [0.717, 1.165) is 20.4 Å². The number of Topliss-reactive ketones (excluding diaryl/α,β-unsaturated/α-hetero) is 2. The molecule has 0 aromatic heterocycles. The van der Waals surface area contributed by atoms with Gasteiger partial charge in [-0.25, -0.2) is 0 Å². The smallest absolute Gasteiger partial charge is 0.198 e.